The van der Waals surface area contributed by atoms with E-state index in [0.29, 0.717) is 5.88 Å². The largest absolute Gasteiger partial charge is 0.481 e. The van der Waals surface area contributed by atoms with Gasteiger partial charge in [0.05, 0.1) is 7.11 Å². The van der Waals surface area contributed by atoms with Gasteiger partial charge in [0.15, 0.2) is 0 Å². The van der Waals surface area contributed by atoms with E-state index in [1.54, 1.807) is 13.3 Å². The van der Waals surface area contributed by atoms with Gasteiger partial charge in [0.2, 0.25) is 5.88 Å². The minimum absolute atomic E-state index is 0.682. The van der Waals surface area contributed by atoms with Crippen molar-refractivity contribution in [1.29, 1.82) is 0 Å². The molecule has 3 rings (SSSR count). The molecule has 0 spiro atoms. The van der Waals surface area contributed by atoms with Crippen molar-refractivity contribution in [1.82, 2.24) is 15.3 Å². The van der Waals surface area contributed by atoms with Gasteiger partial charge in [-0.2, -0.15) is 0 Å². The zero-order chi connectivity index (χ0) is 13.8. The van der Waals surface area contributed by atoms with Crippen LogP contribution in [0, 0.1) is 0 Å². The van der Waals surface area contributed by atoms with E-state index in [4.69, 9.17) is 4.74 Å². The quantitative estimate of drug-likeness (QED) is 0.747. The maximum Gasteiger partial charge on any atom is 0.217 e. The number of aromatic amines is 1. The Morgan fingerprint density at radius 3 is 3.05 bits per heavy atom. The first-order chi connectivity index (χ1) is 9.86. The van der Waals surface area contributed by atoms with Crippen molar-refractivity contribution in [2.75, 3.05) is 7.11 Å². The normalized spacial score (nSPS) is 10.8. The van der Waals surface area contributed by atoms with Crippen molar-refractivity contribution < 1.29 is 4.74 Å². The lowest BCUT2D eigenvalue weighted by molar-refractivity contribution is 0.390. The topological polar surface area (TPSA) is 49.9 Å². The summed E-state index contributed by atoms with van der Waals surface area (Å²) in [6.07, 6.45) is 3.70. The van der Waals surface area contributed by atoms with Gasteiger partial charge in [-0.3, -0.25) is 0 Å². The van der Waals surface area contributed by atoms with Gasteiger partial charge in [-0.25, -0.2) is 4.98 Å². The summed E-state index contributed by atoms with van der Waals surface area (Å²) >= 11 is 0. The molecule has 1 aromatic carbocycles. The highest BCUT2D eigenvalue weighted by atomic mass is 16.5. The molecule has 0 saturated heterocycles. The van der Waals surface area contributed by atoms with Crippen molar-refractivity contribution in [3.8, 4) is 5.88 Å². The molecule has 2 heterocycles. The summed E-state index contributed by atoms with van der Waals surface area (Å²) in [5.74, 6) is 0.682. The average Bonchev–Trinajstić information content (AvgIpc) is 2.95. The summed E-state index contributed by atoms with van der Waals surface area (Å²) in [7, 11) is 1.64. The van der Waals surface area contributed by atoms with E-state index < -0.39 is 0 Å². The standard InChI is InChI=1S/C16H17N3O/c1-20-16-14(3-2-7-19-16)11-17-10-12-4-5-15-13(9-12)6-8-18-15/h2-9,17-18H,10-11H2,1H3. The predicted octanol–water partition coefficient (Wildman–Crippen LogP) is 2.86. The number of pyridine rings is 1. The van der Waals surface area contributed by atoms with Crippen LogP contribution in [0.15, 0.2) is 48.8 Å². The SMILES string of the molecule is COc1ncccc1CNCc1ccc2[nH]ccc2c1. The second-order valence-electron chi connectivity index (χ2n) is 4.67. The number of fused-ring (bicyclic) bond motifs is 1. The van der Waals surface area contributed by atoms with E-state index in [9.17, 15) is 0 Å². The van der Waals surface area contributed by atoms with E-state index in [0.717, 1.165) is 18.7 Å². The maximum absolute atomic E-state index is 5.24. The summed E-state index contributed by atoms with van der Waals surface area (Å²) in [4.78, 5) is 7.39. The molecule has 102 valence electrons. The fourth-order valence-corrected chi connectivity index (χ4v) is 2.30. The van der Waals surface area contributed by atoms with E-state index in [1.165, 1.54) is 16.5 Å². The Morgan fingerprint density at radius 1 is 1.20 bits per heavy atom. The van der Waals surface area contributed by atoms with Gasteiger partial charge in [-0.1, -0.05) is 12.1 Å². The fraction of sp³-hybridized carbons (Fsp3) is 0.188. The van der Waals surface area contributed by atoms with E-state index >= 15 is 0 Å². The first kappa shape index (κ1) is 12.7. The number of benzene rings is 1. The van der Waals surface area contributed by atoms with Gasteiger partial charge in [-0.05, 0) is 35.2 Å². The predicted molar refractivity (Wildman–Crippen MR) is 79.6 cm³/mol. The Balaban J connectivity index is 1.64. The Morgan fingerprint density at radius 2 is 2.15 bits per heavy atom. The lowest BCUT2D eigenvalue weighted by Gasteiger charge is -2.08. The van der Waals surface area contributed by atoms with Crippen LogP contribution in [0.3, 0.4) is 0 Å². The highest BCUT2D eigenvalue weighted by molar-refractivity contribution is 5.79. The van der Waals surface area contributed by atoms with Crippen LogP contribution in [0.25, 0.3) is 10.9 Å². The molecule has 0 aliphatic carbocycles. The lowest BCUT2D eigenvalue weighted by atomic mass is 10.1. The van der Waals surface area contributed by atoms with Gasteiger partial charge in [0.1, 0.15) is 0 Å². The van der Waals surface area contributed by atoms with Crippen molar-refractivity contribution in [3.63, 3.8) is 0 Å². The van der Waals surface area contributed by atoms with Crippen LogP contribution in [0.2, 0.25) is 0 Å². The highest BCUT2D eigenvalue weighted by Gasteiger charge is 2.03. The van der Waals surface area contributed by atoms with Gasteiger partial charge < -0.3 is 15.0 Å². The number of rotatable bonds is 5. The molecule has 2 N–H and O–H groups in total. The van der Waals surface area contributed by atoms with Crippen LogP contribution in [-0.4, -0.2) is 17.1 Å². The molecule has 0 amide bonds. The van der Waals surface area contributed by atoms with E-state index in [1.807, 2.05) is 18.3 Å². The number of H-pyrrole nitrogens is 1. The Bertz CT molecular complexity index is 706. The van der Waals surface area contributed by atoms with Crippen molar-refractivity contribution in [2.45, 2.75) is 13.1 Å². The monoisotopic (exact) mass is 267 g/mol. The third kappa shape index (κ3) is 2.65. The molecule has 20 heavy (non-hydrogen) atoms. The molecule has 2 aromatic heterocycles. The molecule has 0 radical (unpaired) electrons. The Labute approximate surface area is 117 Å². The number of hydrogen-bond acceptors (Lipinski definition) is 3. The smallest absolute Gasteiger partial charge is 0.217 e. The third-order valence-electron chi connectivity index (χ3n) is 3.31. The number of aromatic nitrogens is 2. The highest BCUT2D eigenvalue weighted by Crippen LogP contribution is 2.15. The molecular weight excluding hydrogens is 250 g/mol. The summed E-state index contributed by atoms with van der Waals surface area (Å²) in [5, 5.41) is 4.66. The second-order valence-corrected chi connectivity index (χ2v) is 4.67. The number of methoxy groups -OCH3 is 1. The fourth-order valence-electron chi connectivity index (χ4n) is 2.30. The Kier molecular flexibility index (Phi) is 3.65. The molecule has 3 aromatic rings. The average molecular weight is 267 g/mol. The van der Waals surface area contributed by atoms with Gasteiger partial charge in [0.25, 0.3) is 0 Å². The number of hydrogen-bond donors (Lipinski definition) is 2. The second kappa shape index (κ2) is 5.75. The molecule has 0 unspecified atom stereocenters. The van der Waals surface area contributed by atoms with Crippen molar-refractivity contribution in [3.05, 3.63) is 59.9 Å². The maximum atomic E-state index is 5.24. The number of nitrogens with one attached hydrogen (secondary N) is 2. The van der Waals surface area contributed by atoms with Crippen LogP contribution in [0.4, 0.5) is 0 Å². The van der Waals surface area contributed by atoms with Crippen molar-refractivity contribution >= 4 is 10.9 Å². The molecule has 4 nitrogen and oxygen atoms in total. The molecule has 0 aliphatic rings. The summed E-state index contributed by atoms with van der Waals surface area (Å²) in [6, 6.07) is 12.5. The third-order valence-corrected chi connectivity index (χ3v) is 3.31. The van der Waals surface area contributed by atoms with Gasteiger partial charge >= 0.3 is 0 Å². The summed E-state index contributed by atoms with van der Waals surface area (Å²) in [6.45, 7) is 1.56. The molecule has 0 bridgehead atoms. The molecular formula is C16H17N3O. The lowest BCUT2D eigenvalue weighted by Crippen LogP contribution is -2.13. The Hall–Kier alpha value is -2.33. The van der Waals surface area contributed by atoms with Gasteiger partial charge in [-0.15, -0.1) is 0 Å². The molecule has 0 aliphatic heterocycles. The molecule has 0 fully saturated rings. The van der Waals surface area contributed by atoms with Crippen LogP contribution < -0.4 is 10.1 Å². The first-order valence-corrected chi connectivity index (χ1v) is 6.61. The molecule has 0 saturated carbocycles. The summed E-state index contributed by atoms with van der Waals surface area (Å²) in [5.41, 5.74) is 3.50. The van der Waals surface area contributed by atoms with Crippen LogP contribution in [0.1, 0.15) is 11.1 Å². The molecule has 0 atom stereocenters. The van der Waals surface area contributed by atoms with E-state index in [2.05, 4.69) is 39.6 Å². The minimum Gasteiger partial charge on any atom is -0.481 e. The van der Waals surface area contributed by atoms with Crippen LogP contribution in [-0.2, 0) is 13.1 Å². The van der Waals surface area contributed by atoms with Crippen LogP contribution in [0.5, 0.6) is 5.88 Å². The summed E-state index contributed by atoms with van der Waals surface area (Å²) < 4.78 is 5.24. The zero-order valence-corrected chi connectivity index (χ0v) is 11.4. The number of nitrogens with zero attached hydrogens (tertiary/aromatic N) is 1. The van der Waals surface area contributed by atoms with E-state index in [-0.39, 0.29) is 0 Å². The number of ether oxygens (including phenoxy) is 1. The van der Waals surface area contributed by atoms with Crippen molar-refractivity contribution in [2.24, 2.45) is 0 Å². The zero-order valence-electron chi connectivity index (χ0n) is 11.4. The van der Waals surface area contributed by atoms with Crippen LogP contribution >= 0.6 is 0 Å². The molecule has 4 heteroatoms. The first-order valence-electron chi connectivity index (χ1n) is 6.61. The van der Waals surface area contributed by atoms with Gasteiger partial charge in [0, 0.05) is 36.6 Å². The minimum atomic E-state index is 0.682.